The summed E-state index contributed by atoms with van der Waals surface area (Å²) in [5.74, 6) is 4.56. The Kier molecular flexibility index (Phi) is 8.95. The SMILES string of the molecule is CCOc1cncc(-c2cc(CN3CCN(c4ccc(C(=O)N(C)CC56CC7CC(CC(C7)C5)C6)cc4)CC3)cc(OCC)c2)c1. The normalized spacial score (nSPS) is 25.5. The number of hydrogen-bond acceptors (Lipinski definition) is 6. The van der Waals surface area contributed by atoms with E-state index in [1.165, 1.54) is 49.8 Å². The molecule has 7 heteroatoms. The maximum Gasteiger partial charge on any atom is 0.253 e. The zero-order valence-corrected chi connectivity index (χ0v) is 27.9. The van der Waals surface area contributed by atoms with E-state index < -0.39 is 0 Å². The molecule has 0 radical (unpaired) electrons. The van der Waals surface area contributed by atoms with Crippen LogP contribution in [0.3, 0.4) is 0 Å². The fraction of sp³-hybridized carbons (Fsp3) is 0.538. The summed E-state index contributed by atoms with van der Waals surface area (Å²) >= 11 is 0. The van der Waals surface area contributed by atoms with E-state index in [-0.39, 0.29) is 5.91 Å². The number of carbonyl (C=O) groups excluding carboxylic acids is 1. The van der Waals surface area contributed by atoms with Gasteiger partial charge >= 0.3 is 0 Å². The summed E-state index contributed by atoms with van der Waals surface area (Å²) in [6, 6.07) is 16.9. The summed E-state index contributed by atoms with van der Waals surface area (Å²) in [6.45, 7) is 10.9. The number of amides is 1. The molecule has 0 atom stereocenters. The number of aromatic nitrogens is 1. The minimum atomic E-state index is 0.168. The third-order valence-electron chi connectivity index (χ3n) is 11.0. The first-order valence-electron chi connectivity index (χ1n) is 17.6. The van der Waals surface area contributed by atoms with Gasteiger partial charge in [0.05, 0.1) is 19.4 Å². The number of ether oxygens (including phenoxy) is 2. The van der Waals surface area contributed by atoms with E-state index >= 15 is 0 Å². The van der Waals surface area contributed by atoms with Crippen LogP contribution in [0.5, 0.6) is 11.5 Å². The lowest BCUT2D eigenvalue weighted by atomic mass is 9.49. The summed E-state index contributed by atoms with van der Waals surface area (Å²) in [5, 5.41) is 0. The fourth-order valence-corrected chi connectivity index (χ4v) is 9.51. The van der Waals surface area contributed by atoms with Gasteiger partial charge in [0.1, 0.15) is 11.5 Å². The van der Waals surface area contributed by atoms with Crippen LogP contribution < -0.4 is 14.4 Å². The van der Waals surface area contributed by atoms with Crippen molar-refractivity contribution < 1.29 is 14.3 Å². The first kappa shape index (κ1) is 31.0. The van der Waals surface area contributed by atoms with Crippen LogP contribution in [0.2, 0.25) is 0 Å². The molecule has 1 aliphatic heterocycles. The Morgan fingerprint density at radius 2 is 1.46 bits per heavy atom. The highest BCUT2D eigenvalue weighted by Gasteiger charge is 2.51. The first-order valence-corrected chi connectivity index (χ1v) is 17.6. The van der Waals surface area contributed by atoms with Crippen LogP contribution in [0.25, 0.3) is 11.1 Å². The lowest BCUT2D eigenvalue weighted by molar-refractivity contribution is -0.0629. The average molecular weight is 623 g/mol. The standard InChI is InChI=1S/C39H50N4O3/c1-4-45-36-18-31(17-33(19-36)34-20-37(46-5-2)25-40-24-34)26-42-10-12-43(13-11-42)35-8-6-32(7-9-35)38(44)41(3)27-39-21-28-14-29(22-39)16-30(15-28)23-39/h6-9,17-20,24-25,28-30H,4-5,10-16,21-23,26-27H2,1-3H3. The second kappa shape index (κ2) is 13.3. The number of hydrogen-bond donors (Lipinski definition) is 0. The molecule has 1 amide bonds. The molecule has 4 aliphatic carbocycles. The summed E-state index contributed by atoms with van der Waals surface area (Å²) in [6.07, 6.45) is 12.0. The molecule has 5 aliphatic rings. The minimum Gasteiger partial charge on any atom is -0.494 e. The van der Waals surface area contributed by atoms with Crippen molar-refractivity contribution in [1.82, 2.24) is 14.8 Å². The maximum atomic E-state index is 13.5. The number of nitrogens with zero attached hydrogens (tertiary/aromatic N) is 4. The molecule has 8 rings (SSSR count). The van der Waals surface area contributed by atoms with E-state index in [1.54, 1.807) is 6.20 Å². The summed E-state index contributed by atoms with van der Waals surface area (Å²) in [5.41, 5.74) is 5.73. The van der Waals surface area contributed by atoms with Gasteiger partial charge in [0.15, 0.2) is 0 Å². The molecule has 244 valence electrons. The molecule has 0 unspecified atom stereocenters. The van der Waals surface area contributed by atoms with Crippen molar-refractivity contribution in [1.29, 1.82) is 0 Å². The number of piperazine rings is 1. The number of pyridine rings is 1. The zero-order valence-electron chi connectivity index (χ0n) is 27.9. The van der Waals surface area contributed by atoms with E-state index in [0.29, 0.717) is 18.6 Å². The van der Waals surface area contributed by atoms with E-state index in [1.807, 2.05) is 50.2 Å². The summed E-state index contributed by atoms with van der Waals surface area (Å²) in [4.78, 5) is 24.9. The smallest absolute Gasteiger partial charge is 0.253 e. The molecule has 4 saturated carbocycles. The first-order chi connectivity index (χ1) is 22.4. The topological polar surface area (TPSA) is 58.1 Å². The van der Waals surface area contributed by atoms with Gasteiger partial charge in [-0.3, -0.25) is 14.7 Å². The van der Waals surface area contributed by atoms with Crippen molar-refractivity contribution in [2.75, 3.05) is 57.9 Å². The predicted molar refractivity (Wildman–Crippen MR) is 184 cm³/mol. The lowest BCUT2D eigenvalue weighted by Gasteiger charge is -2.57. The van der Waals surface area contributed by atoms with Crippen LogP contribution in [0, 0.1) is 23.2 Å². The van der Waals surface area contributed by atoms with Gasteiger partial charge < -0.3 is 19.3 Å². The quantitative estimate of drug-likeness (QED) is 0.226. The van der Waals surface area contributed by atoms with Gasteiger partial charge in [-0.25, -0.2) is 0 Å². The summed E-state index contributed by atoms with van der Waals surface area (Å²) < 4.78 is 11.6. The zero-order chi connectivity index (χ0) is 31.7. The second-order valence-electron chi connectivity index (χ2n) is 14.5. The van der Waals surface area contributed by atoms with Crippen LogP contribution >= 0.6 is 0 Å². The van der Waals surface area contributed by atoms with Gasteiger partial charge in [0.25, 0.3) is 5.91 Å². The Balaban J connectivity index is 0.949. The van der Waals surface area contributed by atoms with E-state index in [9.17, 15) is 4.79 Å². The molecule has 2 aromatic carbocycles. The third-order valence-corrected chi connectivity index (χ3v) is 11.0. The van der Waals surface area contributed by atoms with Gasteiger partial charge in [-0.05, 0) is 135 Å². The maximum absolute atomic E-state index is 13.5. The molecule has 4 bridgehead atoms. The van der Waals surface area contributed by atoms with Gasteiger partial charge in [-0.1, -0.05) is 0 Å². The highest BCUT2D eigenvalue weighted by atomic mass is 16.5. The molecule has 1 aromatic heterocycles. The number of carbonyl (C=O) groups is 1. The minimum absolute atomic E-state index is 0.168. The Morgan fingerprint density at radius 1 is 0.826 bits per heavy atom. The van der Waals surface area contributed by atoms with Crippen LogP contribution in [0.15, 0.2) is 60.9 Å². The Labute approximate surface area is 274 Å². The largest absolute Gasteiger partial charge is 0.494 e. The molecule has 5 fully saturated rings. The molecular formula is C39H50N4O3. The van der Waals surface area contributed by atoms with Crippen LogP contribution in [0.4, 0.5) is 5.69 Å². The Hall–Kier alpha value is -3.58. The van der Waals surface area contributed by atoms with Crippen molar-refractivity contribution in [3.63, 3.8) is 0 Å². The van der Waals surface area contributed by atoms with Crippen LogP contribution in [0.1, 0.15) is 68.3 Å². The molecule has 0 N–H and O–H groups in total. The molecule has 46 heavy (non-hydrogen) atoms. The van der Waals surface area contributed by atoms with Crippen LogP contribution in [-0.2, 0) is 6.54 Å². The van der Waals surface area contributed by atoms with Gasteiger partial charge in [-0.15, -0.1) is 0 Å². The number of benzene rings is 2. The van der Waals surface area contributed by atoms with E-state index in [4.69, 9.17) is 9.47 Å². The molecule has 7 nitrogen and oxygen atoms in total. The van der Waals surface area contributed by atoms with Crippen molar-refractivity contribution >= 4 is 11.6 Å². The van der Waals surface area contributed by atoms with Crippen molar-refractivity contribution in [3.05, 3.63) is 72.1 Å². The lowest BCUT2D eigenvalue weighted by Crippen LogP contribution is -2.51. The van der Waals surface area contributed by atoms with Gasteiger partial charge in [0, 0.05) is 69.3 Å². The molecule has 1 saturated heterocycles. The molecule has 3 aromatic rings. The van der Waals surface area contributed by atoms with E-state index in [2.05, 4.69) is 45.1 Å². The summed E-state index contributed by atoms with van der Waals surface area (Å²) in [7, 11) is 2.02. The predicted octanol–water partition coefficient (Wildman–Crippen LogP) is 7.16. The van der Waals surface area contributed by atoms with Crippen molar-refractivity contribution in [2.45, 2.75) is 58.9 Å². The van der Waals surface area contributed by atoms with Crippen molar-refractivity contribution in [2.24, 2.45) is 23.2 Å². The molecular weight excluding hydrogens is 572 g/mol. The molecule has 0 spiro atoms. The average Bonchev–Trinajstić information content (AvgIpc) is 3.04. The molecule has 2 heterocycles. The monoisotopic (exact) mass is 622 g/mol. The fourth-order valence-electron chi connectivity index (χ4n) is 9.51. The van der Waals surface area contributed by atoms with Crippen LogP contribution in [-0.4, -0.2) is 73.7 Å². The third kappa shape index (κ3) is 6.76. The Bertz CT molecular complexity index is 1480. The van der Waals surface area contributed by atoms with Gasteiger partial charge in [0.2, 0.25) is 0 Å². The van der Waals surface area contributed by atoms with E-state index in [0.717, 1.165) is 85.2 Å². The highest BCUT2D eigenvalue weighted by Crippen LogP contribution is 2.60. The number of anilines is 1. The number of rotatable bonds is 11. The second-order valence-corrected chi connectivity index (χ2v) is 14.5. The Morgan fingerprint density at radius 3 is 2.11 bits per heavy atom. The highest BCUT2D eigenvalue weighted by molar-refractivity contribution is 5.94. The van der Waals surface area contributed by atoms with Gasteiger partial charge in [-0.2, -0.15) is 0 Å². The van der Waals surface area contributed by atoms with Crippen molar-refractivity contribution in [3.8, 4) is 22.6 Å².